The van der Waals surface area contributed by atoms with Gasteiger partial charge in [0.25, 0.3) is 0 Å². The monoisotopic (exact) mass is 230 g/mol. The molecule has 1 aromatic rings. The molecule has 0 saturated heterocycles. The van der Waals surface area contributed by atoms with Crippen LogP contribution >= 0.6 is 0 Å². The van der Waals surface area contributed by atoms with Crippen molar-refractivity contribution in [2.75, 3.05) is 0 Å². The molecule has 0 aliphatic carbocycles. The molecule has 0 radical (unpaired) electrons. The number of carbonyl (C=O) groups is 2. The first-order valence-electron chi connectivity index (χ1n) is 4.29. The van der Waals surface area contributed by atoms with E-state index in [-0.39, 0.29) is 16.9 Å². The second-order valence-electron chi connectivity index (χ2n) is 2.80. The molecule has 7 heteroatoms. The van der Waals surface area contributed by atoms with Gasteiger partial charge in [-0.3, -0.25) is 10.2 Å². The summed E-state index contributed by atoms with van der Waals surface area (Å²) in [6, 6.07) is 7.41. The fourth-order valence-corrected chi connectivity index (χ4v) is 0.981. The number of nitrogens with two attached hydrogens (primary N) is 1. The second kappa shape index (κ2) is 5.26. The summed E-state index contributed by atoms with van der Waals surface area (Å²) in [5.74, 6) is 2.24. The minimum Gasteiger partial charge on any atom is -0.418 e. The first-order valence-corrected chi connectivity index (χ1v) is 4.29. The SMILES string of the molecule is N#Cc1ccc(OC(=O)C(=O)NN)c(C#N)c1. The van der Waals surface area contributed by atoms with E-state index < -0.39 is 11.9 Å². The summed E-state index contributed by atoms with van der Waals surface area (Å²) >= 11 is 0. The number of hydrazine groups is 1. The average Bonchev–Trinajstić information content (AvgIpc) is 2.37. The van der Waals surface area contributed by atoms with Crippen LogP contribution in [0.2, 0.25) is 0 Å². The second-order valence-corrected chi connectivity index (χ2v) is 2.80. The van der Waals surface area contributed by atoms with Crippen LogP contribution in [-0.4, -0.2) is 11.9 Å². The fourth-order valence-electron chi connectivity index (χ4n) is 0.981. The van der Waals surface area contributed by atoms with Gasteiger partial charge in [-0.1, -0.05) is 0 Å². The van der Waals surface area contributed by atoms with Crippen LogP contribution < -0.4 is 16.0 Å². The molecule has 0 unspecified atom stereocenters. The maximum absolute atomic E-state index is 11.1. The van der Waals surface area contributed by atoms with Gasteiger partial charge in [-0.05, 0) is 18.2 Å². The number of nitrogens with one attached hydrogen (secondary N) is 1. The van der Waals surface area contributed by atoms with Gasteiger partial charge in [-0.15, -0.1) is 0 Å². The van der Waals surface area contributed by atoms with E-state index in [0.717, 1.165) is 0 Å². The van der Waals surface area contributed by atoms with Gasteiger partial charge in [0.05, 0.1) is 17.2 Å². The Bertz CT molecular complexity index is 554. The Balaban J connectivity index is 3.01. The maximum atomic E-state index is 11.1. The Kier molecular flexibility index (Phi) is 3.76. The van der Waals surface area contributed by atoms with E-state index in [9.17, 15) is 9.59 Å². The van der Waals surface area contributed by atoms with E-state index >= 15 is 0 Å². The lowest BCUT2D eigenvalue weighted by Gasteiger charge is -2.04. The van der Waals surface area contributed by atoms with E-state index in [1.165, 1.54) is 18.2 Å². The van der Waals surface area contributed by atoms with Gasteiger partial charge in [0.2, 0.25) is 0 Å². The van der Waals surface area contributed by atoms with Crippen LogP contribution in [0.5, 0.6) is 5.75 Å². The Morgan fingerprint density at radius 3 is 2.53 bits per heavy atom. The van der Waals surface area contributed by atoms with Crippen LogP contribution in [-0.2, 0) is 9.59 Å². The molecule has 0 aliphatic heterocycles. The molecule has 84 valence electrons. The quantitative estimate of drug-likeness (QED) is 0.164. The standard InChI is InChI=1S/C10H6N4O3/c11-4-6-1-2-8(7(3-6)5-12)17-10(16)9(15)14-13/h1-3H,13H2,(H,14,15). The summed E-state index contributed by atoms with van der Waals surface area (Å²) in [7, 11) is 0. The van der Waals surface area contributed by atoms with Crippen LogP contribution in [0.25, 0.3) is 0 Å². The molecule has 0 spiro atoms. The van der Waals surface area contributed by atoms with Crippen molar-refractivity contribution in [3.63, 3.8) is 0 Å². The number of benzene rings is 1. The number of amides is 1. The Morgan fingerprint density at radius 2 is 2.00 bits per heavy atom. The maximum Gasteiger partial charge on any atom is 0.403 e. The fraction of sp³-hybridized carbons (Fsp3) is 0. The lowest BCUT2D eigenvalue weighted by Crippen LogP contribution is -2.38. The molecule has 1 aromatic carbocycles. The summed E-state index contributed by atoms with van der Waals surface area (Å²) < 4.78 is 4.63. The lowest BCUT2D eigenvalue weighted by molar-refractivity contribution is -0.148. The topological polar surface area (TPSA) is 129 Å². The molecule has 1 rings (SSSR count). The Hall–Kier alpha value is -2.90. The summed E-state index contributed by atoms with van der Waals surface area (Å²) in [5.41, 5.74) is 1.81. The number of rotatable bonds is 1. The number of hydrogen-bond donors (Lipinski definition) is 2. The normalized spacial score (nSPS) is 8.65. The third kappa shape index (κ3) is 2.78. The molecule has 0 heterocycles. The highest BCUT2D eigenvalue weighted by atomic mass is 16.5. The van der Waals surface area contributed by atoms with Crippen LogP contribution in [0.1, 0.15) is 11.1 Å². The molecule has 0 atom stereocenters. The van der Waals surface area contributed by atoms with E-state index in [2.05, 4.69) is 4.74 Å². The van der Waals surface area contributed by atoms with E-state index in [0.29, 0.717) is 0 Å². The summed E-state index contributed by atoms with van der Waals surface area (Å²) in [5, 5.41) is 17.4. The minimum absolute atomic E-state index is 0.0257. The van der Waals surface area contributed by atoms with Gasteiger partial charge in [-0.2, -0.15) is 10.5 Å². The van der Waals surface area contributed by atoms with Gasteiger partial charge in [0.15, 0.2) is 0 Å². The summed E-state index contributed by atoms with van der Waals surface area (Å²) in [6.07, 6.45) is 0. The molecule has 1 amide bonds. The molecule has 17 heavy (non-hydrogen) atoms. The van der Waals surface area contributed by atoms with Crippen molar-refractivity contribution >= 4 is 11.9 Å². The molecule has 0 aromatic heterocycles. The third-order valence-corrected chi connectivity index (χ3v) is 1.75. The van der Waals surface area contributed by atoms with E-state index in [4.69, 9.17) is 16.4 Å². The molecule has 7 nitrogen and oxygen atoms in total. The molecule has 0 saturated carbocycles. The zero-order valence-corrected chi connectivity index (χ0v) is 8.43. The third-order valence-electron chi connectivity index (χ3n) is 1.75. The number of nitrogens with zero attached hydrogens (tertiary/aromatic N) is 2. The van der Waals surface area contributed by atoms with Crippen molar-refractivity contribution in [1.82, 2.24) is 5.43 Å². The summed E-state index contributed by atoms with van der Waals surface area (Å²) in [6.45, 7) is 0. The van der Waals surface area contributed by atoms with Crippen LogP contribution in [0.3, 0.4) is 0 Å². The molecule has 0 aliphatic rings. The number of esters is 1. The first kappa shape index (κ1) is 12.2. The number of hydrogen-bond acceptors (Lipinski definition) is 6. The molecule has 3 N–H and O–H groups in total. The zero-order valence-electron chi connectivity index (χ0n) is 8.43. The smallest absolute Gasteiger partial charge is 0.403 e. The zero-order chi connectivity index (χ0) is 12.8. The van der Waals surface area contributed by atoms with Crippen LogP contribution in [0.4, 0.5) is 0 Å². The van der Waals surface area contributed by atoms with Gasteiger partial charge >= 0.3 is 11.9 Å². The Labute approximate surface area is 96.0 Å². The molecule has 0 bridgehead atoms. The highest BCUT2D eigenvalue weighted by molar-refractivity contribution is 6.32. The van der Waals surface area contributed by atoms with E-state index in [1.807, 2.05) is 6.07 Å². The van der Waals surface area contributed by atoms with Gasteiger partial charge in [0.1, 0.15) is 11.8 Å². The van der Waals surface area contributed by atoms with Crippen molar-refractivity contribution in [2.45, 2.75) is 0 Å². The molecular weight excluding hydrogens is 224 g/mol. The van der Waals surface area contributed by atoms with Crippen molar-refractivity contribution < 1.29 is 14.3 Å². The predicted octanol–water partition coefficient (Wildman–Crippen LogP) is -0.675. The number of carbonyl (C=O) groups excluding carboxylic acids is 2. The highest BCUT2D eigenvalue weighted by Crippen LogP contribution is 2.19. The van der Waals surface area contributed by atoms with Gasteiger partial charge in [0, 0.05) is 0 Å². The molecule has 0 fully saturated rings. The average molecular weight is 230 g/mol. The predicted molar refractivity (Wildman–Crippen MR) is 53.8 cm³/mol. The van der Waals surface area contributed by atoms with Crippen molar-refractivity contribution in [1.29, 1.82) is 10.5 Å². The highest BCUT2D eigenvalue weighted by Gasteiger charge is 2.16. The minimum atomic E-state index is -1.24. The number of ether oxygens (including phenoxy) is 1. The summed E-state index contributed by atoms with van der Waals surface area (Å²) in [4.78, 5) is 21.9. The largest absolute Gasteiger partial charge is 0.418 e. The van der Waals surface area contributed by atoms with Crippen molar-refractivity contribution in [3.8, 4) is 17.9 Å². The number of nitriles is 2. The van der Waals surface area contributed by atoms with Crippen molar-refractivity contribution in [3.05, 3.63) is 29.3 Å². The van der Waals surface area contributed by atoms with Gasteiger partial charge < -0.3 is 4.74 Å². The molecular formula is C10H6N4O3. The Morgan fingerprint density at radius 1 is 1.29 bits per heavy atom. The van der Waals surface area contributed by atoms with Crippen LogP contribution in [0.15, 0.2) is 18.2 Å². The lowest BCUT2D eigenvalue weighted by atomic mass is 10.1. The van der Waals surface area contributed by atoms with Gasteiger partial charge in [-0.25, -0.2) is 10.6 Å². The van der Waals surface area contributed by atoms with Crippen molar-refractivity contribution in [2.24, 2.45) is 5.84 Å². The first-order chi connectivity index (χ1) is 8.12. The van der Waals surface area contributed by atoms with E-state index in [1.54, 1.807) is 11.5 Å². The van der Waals surface area contributed by atoms with Crippen LogP contribution in [0, 0.1) is 22.7 Å².